The van der Waals surface area contributed by atoms with Gasteiger partial charge in [0.1, 0.15) is 0 Å². The molecule has 1 aliphatic heterocycles. The van der Waals surface area contributed by atoms with Crippen molar-refractivity contribution >= 4 is 21.1 Å². The third-order valence-corrected chi connectivity index (χ3v) is 4.93. The van der Waals surface area contributed by atoms with Crippen LogP contribution in [0.1, 0.15) is 12.8 Å². The lowest BCUT2D eigenvalue weighted by Gasteiger charge is -2.23. The largest absolute Gasteiger partial charge is 0.323 e. The average Bonchev–Trinajstić information content (AvgIpc) is 2.78. The number of hydrogen-bond acceptors (Lipinski definition) is 4. The summed E-state index contributed by atoms with van der Waals surface area (Å²) in [6, 6.07) is 4.45. The van der Waals surface area contributed by atoms with Crippen molar-refractivity contribution in [1.82, 2.24) is 20.0 Å². The number of benzene rings is 1. The molecule has 1 saturated heterocycles. The number of aromatic amines is 2. The number of piperidine rings is 1. The predicted octanol–water partition coefficient (Wildman–Crippen LogP) is -0.113. The minimum atomic E-state index is -3.57. The van der Waals surface area contributed by atoms with Crippen LogP contribution in [0.3, 0.4) is 0 Å². The summed E-state index contributed by atoms with van der Waals surface area (Å²) in [5.41, 5.74) is 0.729. The second-order valence-corrected chi connectivity index (χ2v) is 6.67. The maximum Gasteiger partial charge on any atom is 0.323 e. The molecule has 1 aromatic heterocycles. The Morgan fingerprint density at radius 1 is 1.20 bits per heavy atom. The van der Waals surface area contributed by atoms with E-state index in [1.807, 2.05) is 0 Å². The maximum atomic E-state index is 12.3. The number of sulfonamides is 1. The number of H-pyrrole nitrogens is 2. The Kier molecular flexibility index (Phi) is 3.36. The zero-order valence-corrected chi connectivity index (χ0v) is 11.6. The van der Waals surface area contributed by atoms with Crippen molar-refractivity contribution in [2.75, 3.05) is 13.1 Å². The lowest BCUT2D eigenvalue weighted by atomic mass is 10.1. The van der Waals surface area contributed by atoms with Crippen LogP contribution in [-0.2, 0) is 10.0 Å². The van der Waals surface area contributed by atoms with E-state index in [0.717, 1.165) is 19.4 Å². The van der Waals surface area contributed by atoms with E-state index in [1.165, 1.54) is 12.1 Å². The van der Waals surface area contributed by atoms with Gasteiger partial charge in [-0.05, 0) is 37.6 Å². The molecule has 0 amide bonds. The normalized spacial score (nSPS) is 20.3. The van der Waals surface area contributed by atoms with Crippen LogP contribution in [0.2, 0.25) is 0 Å². The van der Waals surface area contributed by atoms with Gasteiger partial charge >= 0.3 is 5.69 Å². The number of aromatic nitrogens is 2. The molecule has 3 rings (SSSR count). The summed E-state index contributed by atoms with van der Waals surface area (Å²) in [5, 5.41) is 3.16. The van der Waals surface area contributed by atoms with Gasteiger partial charge in [-0.15, -0.1) is 0 Å². The molecular formula is C12H16N4O3S. The molecule has 0 aliphatic carbocycles. The van der Waals surface area contributed by atoms with E-state index in [4.69, 9.17) is 0 Å². The molecular weight excluding hydrogens is 280 g/mol. The second-order valence-electron chi connectivity index (χ2n) is 4.95. The van der Waals surface area contributed by atoms with Crippen LogP contribution < -0.4 is 15.7 Å². The molecule has 2 aromatic rings. The van der Waals surface area contributed by atoms with Crippen molar-refractivity contribution in [2.24, 2.45) is 0 Å². The maximum absolute atomic E-state index is 12.3. The molecule has 0 unspecified atom stereocenters. The van der Waals surface area contributed by atoms with Crippen molar-refractivity contribution in [1.29, 1.82) is 0 Å². The predicted molar refractivity (Wildman–Crippen MR) is 75.1 cm³/mol. The molecule has 8 heteroatoms. The number of imidazole rings is 1. The highest BCUT2D eigenvalue weighted by molar-refractivity contribution is 7.89. The number of hydrogen-bond donors (Lipinski definition) is 4. The Balaban J connectivity index is 1.89. The molecule has 0 bridgehead atoms. The van der Waals surface area contributed by atoms with E-state index >= 15 is 0 Å². The van der Waals surface area contributed by atoms with Crippen molar-refractivity contribution < 1.29 is 8.42 Å². The van der Waals surface area contributed by atoms with Crippen LogP contribution in [0, 0.1) is 0 Å². The molecule has 1 fully saturated rings. The molecule has 108 valence electrons. The molecule has 1 aromatic carbocycles. The first-order valence-corrected chi connectivity index (χ1v) is 7.98. The Labute approximate surface area is 115 Å². The summed E-state index contributed by atoms with van der Waals surface area (Å²) in [6.45, 7) is 1.57. The molecule has 2 heterocycles. The summed E-state index contributed by atoms with van der Waals surface area (Å²) in [6.07, 6.45) is 1.78. The molecule has 1 atom stereocenters. The fourth-order valence-electron chi connectivity index (χ4n) is 2.42. The number of nitrogens with one attached hydrogen (secondary N) is 4. The van der Waals surface area contributed by atoms with Crippen molar-refractivity contribution in [3.8, 4) is 0 Å². The lowest BCUT2D eigenvalue weighted by molar-refractivity contribution is 0.428. The molecule has 7 nitrogen and oxygen atoms in total. The Morgan fingerprint density at radius 3 is 2.75 bits per heavy atom. The second kappa shape index (κ2) is 5.04. The smallest absolute Gasteiger partial charge is 0.315 e. The minimum absolute atomic E-state index is 0.0882. The molecule has 20 heavy (non-hydrogen) atoms. The summed E-state index contributed by atoms with van der Waals surface area (Å²) in [4.78, 5) is 16.5. The number of fused-ring (bicyclic) bond motifs is 1. The fourth-order valence-corrected chi connectivity index (χ4v) is 3.71. The molecule has 4 N–H and O–H groups in total. The van der Waals surface area contributed by atoms with Gasteiger partial charge in [-0.2, -0.15) is 0 Å². The highest BCUT2D eigenvalue weighted by Crippen LogP contribution is 2.16. The van der Waals surface area contributed by atoms with Gasteiger partial charge in [0.05, 0.1) is 15.9 Å². The van der Waals surface area contributed by atoms with Crippen LogP contribution in [0.5, 0.6) is 0 Å². The van der Waals surface area contributed by atoms with E-state index in [1.54, 1.807) is 6.07 Å². The Hall–Kier alpha value is -1.64. The standard InChI is InChI=1S/C12H16N4O3S/c17-12-14-10-4-3-9(6-11(10)15-12)20(18,19)16-8-2-1-5-13-7-8/h3-4,6,8,13,16H,1-2,5,7H2,(H2,14,15,17)/t8-/m1/s1. The Morgan fingerprint density at radius 2 is 2.00 bits per heavy atom. The number of rotatable bonds is 3. The van der Waals surface area contributed by atoms with E-state index in [0.29, 0.717) is 17.6 Å². The summed E-state index contributed by atoms with van der Waals surface area (Å²) in [7, 11) is -3.57. The SMILES string of the molecule is O=c1[nH]c2ccc(S(=O)(=O)N[C@@H]3CCCNC3)cc2[nH]1. The first-order valence-electron chi connectivity index (χ1n) is 6.50. The quantitative estimate of drug-likeness (QED) is 0.634. The first-order chi connectivity index (χ1) is 9.54. The first kappa shape index (κ1) is 13.3. The van der Waals surface area contributed by atoms with Gasteiger partial charge in [0.15, 0.2) is 0 Å². The lowest BCUT2D eigenvalue weighted by Crippen LogP contribution is -2.45. The van der Waals surface area contributed by atoms with Crippen LogP contribution in [-0.4, -0.2) is 37.5 Å². The van der Waals surface area contributed by atoms with E-state index in [2.05, 4.69) is 20.0 Å². The molecule has 0 spiro atoms. The molecule has 1 aliphatic rings. The van der Waals surface area contributed by atoms with E-state index in [-0.39, 0.29) is 16.6 Å². The average molecular weight is 296 g/mol. The van der Waals surface area contributed by atoms with Gasteiger partial charge < -0.3 is 15.3 Å². The van der Waals surface area contributed by atoms with Gasteiger partial charge in [-0.1, -0.05) is 0 Å². The van der Waals surface area contributed by atoms with Gasteiger partial charge in [0, 0.05) is 12.6 Å². The third kappa shape index (κ3) is 2.62. The molecule has 0 radical (unpaired) electrons. The van der Waals surface area contributed by atoms with E-state index in [9.17, 15) is 13.2 Å². The summed E-state index contributed by atoms with van der Waals surface area (Å²) >= 11 is 0. The van der Waals surface area contributed by atoms with Crippen LogP contribution in [0.4, 0.5) is 0 Å². The zero-order chi connectivity index (χ0) is 14.2. The van der Waals surface area contributed by atoms with Crippen LogP contribution in [0.15, 0.2) is 27.9 Å². The van der Waals surface area contributed by atoms with Gasteiger partial charge in [0.2, 0.25) is 10.0 Å². The summed E-state index contributed by atoms with van der Waals surface area (Å²) < 4.78 is 27.3. The van der Waals surface area contributed by atoms with Crippen molar-refractivity contribution in [2.45, 2.75) is 23.8 Å². The van der Waals surface area contributed by atoms with Crippen molar-refractivity contribution in [3.63, 3.8) is 0 Å². The van der Waals surface area contributed by atoms with Crippen molar-refractivity contribution in [3.05, 3.63) is 28.7 Å². The minimum Gasteiger partial charge on any atom is -0.315 e. The Bertz CT molecular complexity index is 771. The summed E-state index contributed by atoms with van der Waals surface area (Å²) in [5.74, 6) is 0. The molecule has 0 saturated carbocycles. The fraction of sp³-hybridized carbons (Fsp3) is 0.417. The van der Waals surface area contributed by atoms with Gasteiger partial charge in [-0.3, -0.25) is 0 Å². The van der Waals surface area contributed by atoms with Crippen LogP contribution in [0.25, 0.3) is 11.0 Å². The van der Waals surface area contributed by atoms with E-state index < -0.39 is 10.0 Å². The van der Waals surface area contributed by atoms with Gasteiger partial charge in [0.25, 0.3) is 0 Å². The van der Waals surface area contributed by atoms with Gasteiger partial charge in [-0.25, -0.2) is 17.9 Å². The monoisotopic (exact) mass is 296 g/mol. The topological polar surface area (TPSA) is 107 Å². The highest BCUT2D eigenvalue weighted by atomic mass is 32.2. The van der Waals surface area contributed by atoms with Crippen LogP contribution >= 0.6 is 0 Å². The highest BCUT2D eigenvalue weighted by Gasteiger charge is 2.22. The zero-order valence-electron chi connectivity index (χ0n) is 10.8. The third-order valence-electron chi connectivity index (χ3n) is 3.42.